The summed E-state index contributed by atoms with van der Waals surface area (Å²) >= 11 is 0. The topological polar surface area (TPSA) is 58.8 Å². The molecular formula is C12H22F3N3O2. The van der Waals surface area contributed by atoms with Gasteiger partial charge in [0.05, 0.1) is 0 Å². The van der Waals surface area contributed by atoms with E-state index < -0.39 is 12.8 Å². The summed E-state index contributed by atoms with van der Waals surface area (Å²) in [5, 5.41) is 0. The van der Waals surface area contributed by atoms with Gasteiger partial charge in [0.15, 0.2) is 0 Å². The first-order valence-corrected chi connectivity index (χ1v) is 6.77. The molecule has 1 aliphatic rings. The number of hydrogen-bond donors (Lipinski definition) is 1. The lowest BCUT2D eigenvalue weighted by Gasteiger charge is -2.34. The van der Waals surface area contributed by atoms with Crippen LogP contribution in [-0.4, -0.2) is 74.4 Å². The highest BCUT2D eigenvalue weighted by atomic mass is 19.4. The SMILES string of the molecule is NCCC(=O)N1CCN(CCCOCC(F)(F)F)CC1. The quantitative estimate of drug-likeness (QED) is 0.693. The molecule has 118 valence electrons. The number of hydrogen-bond acceptors (Lipinski definition) is 4. The average molecular weight is 297 g/mol. The first kappa shape index (κ1) is 17.2. The van der Waals surface area contributed by atoms with Gasteiger partial charge in [-0.25, -0.2) is 0 Å². The van der Waals surface area contributed by atoms with Crippen LogP contribution >= 0.6 is 0 Å². The molecule has 1 rings (SSSR count). The monoisotopic (exact) mass is 297 g/mol. The summed E-state index contributed by atoms with van der Waals surface area (Å²) in [4.78, 5) is 15.5. The Hall–Kier alpha value is -0.860. The molecule has 0 bridgehead atoms. The Kier molecular flexibility index (Phi) is 7.25. The molecule has 0 unspecified atom stereocenters. The molecule has 5 nitrogen and oxygen atoms in total. The number of halogens is 3. The molecule has 0 saturated carbocycles. The minimum atomic E-state index is -4.25. The lowest BCUT2D eigenvalue weighted by Crippen LogP contribution is -2.49. The first-order valence-electron chi connectivity index (χ1n) is 6.77. The van der Waals surface area contributed by atoms with Gasteiger partial charge in [0.25, 0.3) is 0 Å². The van der Waals surface area contributed by atoms with Crippen LogP contribution in [-0.2, 0) is 9.53 Å². The van der Waals surface area contributed by atoms with Gasteiger partial charge in [0, 0.05) is 52.3 Å². The second-order valence-corrected chi connectivity index (χ2v) is 4.78. The summed E-state index contributed by atoms with van der Waals surface area (Å²) < 4.78 is 40.1. The fourth-order valence-electron chi connectivity index (χ4n) is 2.08. The number of piperazine rings is 1. The van der Waals surface area contributed by atoms with E-state index in [4.69, 9.17) is 5.73 Å². The number of carbonyl (C=O) groups is 1. The number of alkyl halides is 3. The van der Waals surface area contributed by atoms with E-state index >= 15 is 0 Å². The van der Waals surface area contributed by atoms with E-state index in [2.05, 4.69) is 9.64 Å². The van der Waals surface area contributed by atoms with Crippen LogP contribution in [0.15, 0.2) is 0 Å². The Morgan fingerprint density at radius 2 is 1.85 bits per heavy atom. The maximum atomic E-state index is 11.8. The van der Waals surface area contributed by atoms with Gasteiger partial charge in [-0.1, -0.05) is 0 Å². The van der Waals surface area contributed by atoms with Crippen molar-refractivity contribution < 1.29 is 22.7 Å². The summed E-state index contributed by atoms with van der Waals surface area (Å²) in [5.41, 5.74) is 5.34. The molecule has 8 heteroatoms. The van der Waals surface area contributed by atoms with Crippen molar-refractivity contribution in [3.8, 4) is 0 Å². The number of carbonyl (C=O) groups excluding carboxylic acids is 1. The fraction of sp³-hybridized carbons (Fsp3) is 0.917. The van der Waals surface area contributed by atoms with Crippen molar-refractivity contribution >= 4 is 5.91 Å². The number of amides is 1. The maximum Gasteiger partial charge on any atom is 0.411 e. The van der Waals surface area contributed by atoms with Crippen molar-refractivity contribution in [2.45, 2.75) is 19.0 Å². The maximum absolute atomic E-state index is 11.8. The molecular weight excluding hydrogens is 275 g/mol. The molecule has 1 saturated heterocycles. The van der Waals surface area contributed by atoms with Crippen LogP contribution in [0.5, 0.6) is 0 Å². The molecule has 0 aromatic rings. The Morgan fingerprint density at radius 3 is 2.40 bits per heavy atom. The van der Waals surface area contributed by atoms with Crippen LogP contribution in [0.2, 0.25) is 0 Å². The van der Waals surface area contributed by atoms with Crippen LogP contribution < -0.4 is 5.73 Å². The van der Waals surface area contributed by atoms with Gasteiger partial charge in [0.1, 0.15) is 6.61 Å². The lowest BCUT2D eigenvalue weighted by atomic mass is 10.2. The summed E-state index contributed by atoms with van der Waals surface area (Å²) in [6, 6.07) is 0. The van der Waals surface area contributed by atoms with Crippen molar-refractivity contribution in [3.63, 3.8) is 0 Å². The van der Waals surface area contributed by atoms with Crippen LogP contribution in [0.3, 0.4) is 0 Å². The van der Waals surface area contributed by atoms with Crippen LogP contribution in [0.4, 0.5) is 13.2 Å². The second kappa shape index (κ2) is 8.43. The highest BCUT2D eigenvalue weighted by molar-refractivity contribution is 5.76. The van der Waals surface area contributed by atoms with Crippen molar-refractivity contribution in [2.24, 2.45) is 5.73 Å². The van der Waals surface area contributed by atoms with Gasteiger partial charge >= 0.3 is 6.18 Å². The molecule has 0 aliphatic carbocycles. The van der Waals surface area contributed by atoms with Crippen LogP contribution in [0.25, 0.3) is 0 Å². The third-order valence-electron chi connectivity index (χ3n) is 3.11. The van der Waals surface area contributed by atoms with Crippen molar-refractivity contribution in [3.05, 3.63) is 0 Å². The van der Waals surface area contributed by atoms with Gasteiger partial charge in [0.2, 0.25) is 5.91 Å². The van der Waals surface area contributed by atoms with Crippen LogP contribution in [0.1, 0.15) is 12.8 Å². The van der Waals surface area contributed by atoms with E-state index in [1.807, 2.05) is 0 Å². The van der Waals surface area contributed by atoms with E-state index in [-0.39, 0.29) is 12.5 Å². The summed E-state index contributed by atoms with van der Waals surface area (Å²) in [7, 11) is 0. The zero-order valence-electron chi connectivity index (χ0n) is 11.5. The third kappa shape index (κ3) is 7.06. The minimum absolute atomic E-state index is 0.0701. The number of rotatable bonds is 7. The zero-order chi connectivity index (χ0) is 15.0. The Morgan fingerprint density at radius 1 is 1.20 bits per heavy atom. The molecule has 0 radical (unpaired) electrons. The predicted molar refractivity (Wildman–Crippen MR) is 68.2 cm³/mol. The lowest BCUT2D eigenvalue weighted by molar-refractivity contribution is -0.174. The van der Waals surface area contributed by atoms with Gasteiger partial charge < -0.3 is 15.4 Å². The largest absolute Gasteiger partial charge is 0.411 e. The van der Waals surface area contributed by atoms with E-state index in [0.29, 0.717) is 39.0 Å². The van der Waals surface area contributed by atoms with Gasteiger partial charge in [-0.05, 0) is 6.42 Å². The molecule has 0 spiro atoms. The van der Waals surface area contributed by atoms with Crippen LogP contribution in [0, 0.1) is 0 Å². The standard InChI is InChI=1S/C12H22F3N3O2/c13-12(14,15)10-20-9-1-4-17-5-7-18(8-6-17)11(19)2-3-16/h1-10,16H2. The van der Waals surface area contributed by atoms with Gasteiger partial charge in [-0.2, -0.15) is 13.2 Å². The van der Waals surface area contributed by atoms with Crippen molar-refractivity contribution in [1.29, 1.82) is 0 Å². The zero-order valence-corrected chi connectivity index (χ0v) is 11.5. The van der Waals surface area contributed by atoms with E-state index in [9.17, 15) is 18.0 Å². The fourth-order valence-corrected chi connectivity index (χ4v) is 2.08. The van der Waals surface area contributed by atoms with E-state index in [1.165, 1.54) is 0 Å². The van der Waals surface area contributed by atoms with Crippen molar-refractivity contribution in [1.82, 2.24) is 9.80 Å². The van der Waals surface area contributed by atoms with Gasteiger partial charge in [-0.15, -0.1) is 0 Å². The normalized spacial score (nSPS) is 17.5. The predicted octanol–water partition coefficient (Wildman–Crippen LogP) is 0.448. The molecule has 1 aliphatic heterocycles. The second-order valence-electron chi connectivity index (χ2n) is 4.78. The molecule has 1 amide bonds. The highest BCUT2D eigenvalue weighted by Crippen LogP contribution is 2.14. The molecule has 1 heterocycles. The molecule has 20 heavy (non-hydrogen) atoms. The van der Waals surface area contributed by atoms with Gasteiger partial charge in [-0.3, -0.25) is 9.69 Å². The Bertz CT molecular complexity index is 292. The van der Waals surface area contributed by atoms with Crippen molar-refractivity contribution in [2.75, 3.05) is 52.5 Å². The Labute approximate surface area is 116 Å². The smallest absolute Gasteiger partial charge is 0.372 e. The molecule has 0 aromatic heterocycles. The molecule has 0 aromatic carbocycles. The first-order chi connectivity index (χ1) is 9.42. The minimum Gasteiger partial charge on any atom is -0.372 e. The van der Waals surface area contributed by atoms with E-state index in [1.54, 1.807) is 4.90 Å². The summed E-state index contributed by atoms with van der Waals surface area (Å²) in [5.74, 6) is 0.0701. The number of ether oxygens (including phenoxy) is 1. The summed E-state index contributed by atoms with van der Waals surface area (Å²) in [6.07, 6.45) is -3.33. The molecule has 1 fully saturated rings. The van der Waals surface area contributed by atoms with E-state index in [0.717, 1.165) is 13.1 Å². The average Bonchev–Trinajstić information content (AvgIpc) is 2.38. The summed E-state index contributed by atoms with van der Waals surface area (Å²) in [6.45, 7) is 2.77. The number of nitrogens with two attached hydrogens (primary N) is 1. The highest BCUT2D eigenvalue weighted by Gasteiger charge is 2.27. The molecule has 2 N–H and O–H groups in total. The third-order valence-corrected chi connectivity index (χ3v) is 3.11. The Balaban J connectivity index is 2.06. The molecule has 0 atom stereocenters. The number of nitrogens with zero attached hydrogens (tertiary/aromatic N) is 2.